The van der Waals surface area contributed by atoms with Gasteiger partial charge in [0.15, 0.2) is 0 Å². The van der Waals surface area contributed by atoms with Crippen molar-refractivity contribution in [1.29, 1.82) is 0 Å². The molecule has 0 aliphatic rings. The number of nitrogens with zero attached hydrogens (tertiary/aromatic N) is 2. The standard InChI is InChI=1S/C21H28N2O3/c1-16(17-9-7-6-8-10-17)23(3)21(24)15-22(2)14-18-11-12-19(25-4)13-20(18)26-5/h6-13,16H,14-15H2,1-5H3. The van der Waals surface area contributed by atoms with E-state index in [1.165, 1.54) is 0 Å². The molecule has 1 atom stereocenters. The van der Waals surface area contributed by atoms with E-state index in [-0.39, 0.29) is 11.9 Å². The molecule has 1 unspecified atom stereocenters. The van der Waals surface area contributed by atoms with Gasteiger partial charge in [0.25, 0.3) is 0 Å². The molecule has 0 aliphatic carbocycles. The van der Waals surface area contributed by atoms with Crippen molar-refractivity contribution in [2.75, 3.05) is 34.9 Å². The molecule has 0 bridgehead atoms. The summed E-state index contributed by atoms with van der Waals surface area (Å²) in [7, 11) is 7.05. The molecule has 0 fully saturated rings. The fraction of sp³-hybridized carbons (Fsp3) is 0.381. The summed E-state index contributed by atoms with van der Waals surface area (Å²) in [6.07, 6.45) is 0. The van der Waals surface area contributed by atoms with Gasteiger partial charge in [0.05, 0.1) is 26.8 Å². The van der Waals surface area contributed by atoms with E-state index in [2.05, 4.69) is 0 Å². The van der Waals surface area contributed by atoms with Crippen molar-refractivity contribution < 1.29 is 14.3 Å². The average molecular weight is 356 g/mol. The van der Waals surface area contributed by atoms with Gasteiger partial charge in [-0.15, -0.1) is 0 Å². The van der Waals surface area contributed by atoms with Gasteiger partial charge in [-0.1, -0.05) is 36.4 Å². The van der Waals surface area contributed by atoms with Crippen LogP contribution in [0.25, 0.3) is 0 Å². The fourth-order valence-corrected chi connectivity index (χ4v) is 2.84. The largest absolute Gasteiger partial charge is 0.497 e. The van der Waals surface area contributed by atoms with Crippen molar-refractivity contribution in [3.63, 3.8) is 0 Å². The highest BCUT2D eigenvalue weighted by Crippen LogP contribution is 2.25. The molecule has 1 amide bonds. The molecular formula is C21H28N2O3. The second-order valence-electron chi connectivity index (χ2n) is 6.44. The Bertz CT molecular complexity index is 718. The van der Waals surface area contributed by atoms with E-state index in [9.17, 15) is 4.79 Å². The van der Waals surface area contributed by atoms with Crippen LogP contribution in [-0.4, -0.2) is 50.6 Å². The van der Waals surface area contributed by atoms with Crippen LogP contribution in [0, 0.1) is 0 Å². The predicted octanol–water partition coefficient (Wildman–Crippen LogP) is 3.36. The minimum atomic E-state index is 0.0348. The normalized spacial score (nSPS) is 11.9. The molecule has 0 spiro atoms. The molecule has 5 nitrogen and oxygen atoms in total. The highest BCUT2D eigenvalue weighted by atomic mass is 16.5. The highest BCUT2D eigenvalue weighted by molar-refractivity contribution is 5.78. The first kappa shape index (κ1) is 19.8. The molecule has 0 saturated heterocycles. The van der Waals surface area contributed by atoms with Gasteiger partial charge in [-0.2, -0.15) is 0 Å². The number of benzene rings is 2. The lowest BCUT2D eigenvalue weighted by molar-refractivity contribution is -0.132. The molecule has 2 aromatic carbocycles. The Morgan fingerprint density at radius 2 is 1.73 bits per heavy atom. The van der Waals surface area contributed by atoms with Crippen LogP contribution in [0.5, 0.6) is 11.5 Å². The van der Waals surface area contributed by atoms with Gasteiger partial charge in [0, 0.05) is 25.2 Å². The molecular weight excluding hydrogens is 328 g/mol. The monoisotopic (exact) mass is 356 g/mol. The van der Waals surface area contributed by atoms with Crippen molar-refractivity contribution >= 4 is 5.91 Å². The molecule has 2 aromatic rings. The Hall–Kier alpha value is -2.53. The van der Waals surface area contributed by atoms with Gasteiger partial charge in [-0.25, -0.2) is 0 Å². The first-order chi connectivity index (χ1) is 12.5. The van der Waals surface area contributed by atoms with E-state index in [4.69, 9.17) is 9.47 Å². The third-order valence-electron chi connectivity index (χ3n) is 4.60. The van der Waals surface area contributed by atoms with Crippen LogP contribution in [0.1, 0.15) is 24.1 Å². The maximum absolute atomic E-state index is 12.6. The first-order valence-electron chi connectivity index (χ1n) is 8.66. The van der Waals surface area contributed by atoms with Gasteiger partial charge in [0.2, 0.25) is 5.91 Å². The molecule has 0 aromatic heterocycles. The number of hydrogen-bond donors (Lipinski definition) is 0. The third kappa shape index (κ3) is 4.99. The fourth-order valence-electron chi connectivity index (χ4n) is 2.84. The maximum atomic E-state index is 12.6. The van der Waals surface area contributed by atoms with Crippen LogP contribution < -0.4 is 9.47 Å². The number of likely N-dealkylation sites (N-methyl/N-ethyl adjacent to an activating group) is 2. The third-order valence-corrected chi connectivity index (χ3v) is 4.60. The van der Waals surface area contributed by atoms with E-state index in [1.807, 2.05) is 74.4 Å². The van der Waals surface area contributed by atoms with E-state index in [0.29, 0.717) is 13.1 Å². The Morgan fingerprint density at radius 1 is 1.04 bits per heavy atom. The van der Waals surface area contributed by atoms with Crippen LogP contribution in [0.2, 0.25) is 0 Å². The van der Waals surface area contributed by atoms with Crippen molar-refractivity contribution in [2.24, 2.45) is 0 Å². The molecule has 0 heterocycles. The van der Waals surface area contributed by atoms with Gasteiger partial charge in [-0.05, 0) is 25.6 Å². The summed E-state index contributed by atoms with van der Waals surface area (Å²) < 4.78 is 10.7. The van der Waals surface area contributed by atoms with Gasteiger partial charge < -0.3 is 14.4 Å². The summed E-state index contributed by atoms with van der Waals surface area (Å²) in [5.41, 5.74) is 2.14. The smallest absolute Gasteiger partial charge is 0.236 e. The maximum Gasteiger partial charge on any atom is 0.236 e. The number of hydrogen-bond acceptors (Lipinski definition) is 4. The zero-order valence-electron chi connectivity index (χ0n) is 16.2. The minimum Gasteiger partial charge on any atom is -0.497 e. The summed E-state index contributed by atoms with van der Waals surface area (Å²) in [6.45, 7) is 3.00. The average Bonchev–Trinajstić information content (AvgIpc) is 2.67. The lowest BCUT2D eigenvalue weighted by Crippen LogP contribution is -2.37. The Morgan fingerprint density at radius 3 is 2.35 bits per heavy atom. The number of amides is 1. The Labute approximate surface area is 156 Å². The van der Waals surface area contributed by atoms with Gasteiger partial charge >= 0.3 is 0 Å². The lowest BCUT2D eigenvalue weighted by Gasteiger charge is -2.28. The quantitative estimate of drug-likeness (QED) is 0.727. The highest BCUT2D eigenvalue weighted by Gasteiger charge is 2.19. The van der Waals surface area contributed by atoms with E-state index >= 15 is 0 Å². The van der Waals surface area contributed by atoms with Crippen LogP contribution in [-0.2, 0) is 11.3 Å². The molecule has 0 radical (unpaired) electrons. The van der Waals surface area contributed by atoms with Crippen LogP contribution in [0.4, 0.5) is 0 Å². The second-order valence-corrected chi connectivity index (χ2v) is 6.44. The summed E-state index contributed by atoms with van der Waals surface area (Å²) in [5.74, 6) is 1.59. The van der Waals surface area contributed by atoms with Crippen LogP contribution >= 0.6 is 0 Å². The molecule has 5 heteroatoms. The zero-order chi connectivity index (χ0) is 19.1. The number of methoxy groups -OCH3 is 2. The first-order valence-corrected chi connectivity index (χ1v) is 8.66. The lowest BCUT2D eigenvalue weighted by atomic mass is 10.1. The molecule has 2 rings (SSSR count). The molecule has 0 aliphatic heterocycles. The summed E-state index contributed by atoms with van der Waals surface area (Å²) >= 11 is 0. The molecule has 26 heavy (non-hydrogen) atoms. The topological polar surface area (TPSA) is 42.0 Å². The van der Waals surface area contributed by atoms with Gasteiger partial charge in [-0.3, -0.25) is 9.69 Å². The Balaban J connectivity index is 1.98. The molecule has 140 valence electrons. The minimum absolute atomic E-state index is 0.0348. The summed E-state index contributed by atoms with van der Waals surface area (Å²) in [6, 6.07) is 15.8. The van der Waals surface area contributed by atoms with Crippen molar-refractivity contribution in [2.45, 2.75) is 19.5 Å². The van der Waals surface area contributed by atoms with Crippen LogP contribution in [0.3, 0.4) is 0 Å². The second kappa shape index (κ2) is 9.25. The van der Waals surface area contributed by atoms with Crippen LogP contribution in [0.15, 0.2) is 48.5 Å². The number of ether oxygens (including phenoxy) is 2. The van der Waals surface area contributed by atoms with Crippen molar-refractivity contribution in [1.82, 2.24) is 9.80 Å². The number of carbonyl (C=O) groups excluding carboxylic acids is 1. The predicted molar refractivity (Wildman–Crippen MR) is 104 cm³/mol. The summed E-state index contributed by atoms with van der Waals surface area (Å²) in [5, 5.41) is 0. The molecule has 0 saturated carbocycles. The Kier molecular flexibility index (Phi) is 7.04. The summed E-state index contributed by atoms with van der Waals surface area (Å²) in [4.78, 5) is 16.4. The van der Waals surface area contributed by atoms with E-state index in [0.717, 1.165) is 22.6 Å². The molecule has 0 N–H and O–H groups in total. The van der Waals surface area contributed by atoms with Crippen molar-refractivity contribution in [3.8, 4) is 11.5 Å². The van der Waals surface area contributed by atoms with Crippen molar-refractivity contribution in [3.05, 3.63) is 59.7 Å². The van der Waals surface area contributed by atoms with E-state index < -0.39 is 0 Å². The number of carbonyl (C=O) groups is 1. The van der Waals surface area contributed by atoms with E-state index in [1.54, 1.807) is 19.1 Å². The number of rotatable bonds is 8. The zero-order valence-corrected chi connectivity index (χ0v) is 16.2. The van der Waals surface area contributed by atoms with Gasteiger partial charge in [0.1, 0.15) is 11.5 Å². The SMILES string of the molecule is COc1ccc(CN(C)CC(=O)N(C)C(C)c2ccccc2)c(OC)c1.